The Kier molecular flexibility index (Phi) is 4.46. The molecule has 0 unspecified atom stereocenters. The molecule has 0 fully saturated rings. The fraction of sp³-hybridized carbons (Fsp3) is 0.545. The number of methoxy groups -OCH3 is 1. The smallest absolute Gasteiger partial charge is 0.336 e. The van der Waals surface area contributed by atoms with Crippen LogP contribution in [-0.4, -0.2) is 30.3 Å². The molecule has 2 N–H and O–H groups in total. The van der Waals surface area contributed by atoms with Gasteiger partial charge in [-0.3, -0.25) is 0 Å². The van der Waals surface area contributed by atoms with Gasteiger partial charge in [-0.1, -0.05) is 0 Å². The highest BCUT2D eigenvalue weighted by Crippen LogP contribution is 2.15. The summed E-state index contributed by atoms with van der Waals surface area (Å²) in [7, 11) is 1.66. The minimum Gasteiger partial charge on any atom is -0.478 e. The number of nitrogens with one attached hydrogen (secondary N) is 1. The molecule has 0 bridgehead atoms. The molecule has 1 aromatic rings. The van der Waals surface area contributed by atoms with Gasteiger partial charge < -0.3 is 15.2 Å². The molecule has 4 nitrogen and oxygen atoms in total. The predicted octanol–water partition coefficient (Wildman–Crippen LogP) is 1.96. The van der Waals surface area contributed by atoms with Crippen LogP contribution in [0.15, 0.2) is 11.4 Å². The normalized spacial score (nSPS) is 11.7. The Balaban J connectivity index is 2.51. The molecule has 0 aromatic carbocycles. The van der Waals surface area contributed by atoms with Crippen LogP contribution in [0.2, 0.25) is 0 Å². The third-order valence-corrected chi connectivity index (χ3v) is 3.08. The van der Waals surface area contributed by atoms with Crippen molar-refractivity contribution in [3.05, 3.63) is 21.9 Å². The van der Waals surface area contributed by atoms with Crippen LogP contribution in [0.4, 0.5) is 0 Å². The van der Waals surface area contributed by atoms with Crippen molar-refractivity contribution in [2.24, 2.45) is 0 Å². The van der Waals surface area contributed by atoms with Crippen LogP contribution < -0.4 is 5.32 Å². The topological polar surface area (TPSA) is 58.6 Å². The SMILES string of the molecule is COCC(C)(C)NCc1cc(C(=O)O)cs1. The Morgan fingerprint density at radius 2 is 2.31 bits per heavy atom. The van der Waals surface area contributed by atoms with Crippen molar-refractivity contribution < 1.29 is 14.6 Å². The fourth-order valence-electron chi connectivity index (χ4n) is 1.32. The highest BCUT2D eigenvalue weighted by Gasteiger charge is 2.17. The minimum atomic E-state index is -0.876. The van der Waals surface area contributed by atoms with Gasteiger partial charge in [0.05, 0.1) is 12.2 Å². The molecule has 1 heterocycles. The molecule has 0 saturated heterocycles. The first-order valence-corrected chi connectivity index (χ1v) is 5.87. The summed E-state index contributed by atoms with van der Waals surface area (Å²) in [5.74, 6) is -0.876. The van der Waals surface area contributed by atoms with Crippen molar-refractivity contribution in [1.29, 1.82) is 0 Å². The van der Waals surface area contributed by atoms with Gasteiger partial charge in [0.1, 0.15) is 0 Å². The summed E-state index contributed by atoms with van der Waals surface area (Å²) >= 11 is 1.45. The summed E-state index contributed by atoms with van der Waals surface area (Å²) in [4.78, 5) is 11.7. The van der Waals surface area contributed by atoms with Gasteiger partial charge in [0.25, 0.3) is 0 Å². The van der Waals surface area contributed by atoms with Crippen molar-refractivity contribution in [1.82, 2.24) is 5.32 Å². The minimum absolute atomic E-state index is 0.109. The lowest BCUT2D eigenvalue weighted by Crippen LogP contribution is -2.42. The third kappa shape index (κ3) is 3.92. The summed E-state index contributed by atoms with van der Waals surface area (Å²) in [6, 6.07) is 1.70. The molecule has 1 aromatic heterocycles. The Bertz CT molecular complexity index is 360. The summed E-state index contributed by atoms with van der Waals surface area (Å²) in [5.41, 5.74) is 0.244. The van der Waals surface area contributed by atoms with Gasteiger partial charge >= 0.3 is 5.97 Å². The molecule has 0 atom stereocenters. The largest absolute Gasteiger partial charge is 0.478 e. The van der Waals surface area contributed by atoms with Crippen LogP contribution in [0.3, 0.4) is 0 Å². The van der Waals surface area contributed by atoms with Gasteiger partial charge in [0, 0.05) is 29.5 Å². The van der Waals surface area contributed by atoms with Gasteiger partial charge in [-0.2, -0.15) is 0 Å². The maximum absolute atomic E-state index is 10.7. The average molecular weight is 243 g/mol. The molecule has 0 aliphatic rings. The first-order chi connectivity index (χ1) is 7.44. The highest BCUT2D eigenvalue weighted by atomic mass is 32.1. The van der Waals surface area contributed by atoms with Crippen molar-refractivity contribution in [3.63, 3.8) is 0 Å². The van der Waals surface area contributed by atoms with Crippen molar-refractivity contribution in [2.75, 3.05) is 13.7 Å². The number of carboxylic acids is 1. The van der Waals surface area contributed by atoms with E-state index in [9.17, 15) is 4.79 Å². The number of hydrogen-bond acceptors (Lipinski definition) is 4. The van der Waals surface area contributed by atoms with Gasteiger partial charge in [-0.15, -0.1) is 11.3 Å². The Labute approximate surface area is 99.2 Å². The predicted molar refractivity (Wildman–Crippen MR) is 64.1 cm³/mol. The van der Waals surface area contributed by atoms with Crippen LogP contribution in [0, 0.1) is 0 Å². The second kappa shape index (κ2) is 5.43. The summed E-state index contributed by atoms with van der Waals surface area (Å²) in [6.07, 6.45) is 0. The van der Waals surface area contributed by atoms with E-state index in [1.807, 2.05) is 13.8 Å². The molecule has 16 heavy (non-hydrogen) atoms. The molecule has 0 aliphatic heterocycles. The lowest BCUT2D eigenvalue weighted by molar-refractivity contribution is 0.0697. The van der Waals surface area contributed by atoms with E-state index in [1.165, 1.54) is 11.3 Å². The molecule has 0 saturated carbocycles. The van der Waals surface area contributed by atoms with Gasteiger partial charge in [0.2, 0.25) is 0 Å². The number of rotatable bonds is 6. The van der Waals surface area contributed by atoms with Crippen LogP contribution in [-0.2, 0) is 11.3 Å². The average Bonchev–Trinajstić information content (AvgIpc) is 2.63. The van der Waals surface area contributed by atoms with Crippen molar-refractivity contribution in [2.45, 2.75) is 25.9 Å². The van der Waals surface area contributed by atoms with Crippen molar-refractivity contribution in [3.8, 4) is 0 Å². The van der Waals surface area contributed by atoms with Gasteiger partial charge in [0.15, 0.2) is 0 Å². The van der Waals surface area contributed by atoms with Crippen molar-refractivity contribution >= 4 is 17.3 Å². The first kappa shape index (κ1) is 13.2. The van der Waals surface area contributed by atoms with E-state index in [0.29, 0.717) is 18.7 Å². The zero-order chi connectivity index (χ0) is 12.2. The monoisotopic (exact) mass is 243 g/mol. The standard InChI is InChI=1S/C11H17NO3S/c1-11(2,7-15-3)12-5-9-4-8(6-16-9)10(13)14/h4,6,12H,5,7H2,1-3H3,(H,13,14). The Morgan fingerprint density at radius 1 is 1.62 bits per heavy atom. The zero-order valence-corrected chi connectivity index (χ0v) is 10.6. The molecule has 5 heteroatoms. The Hall–Kier alpha value is -0.910. The fourth-order valence-corrected chi connectivity index (χ4v) is 2.12. The Morgan fingerprint density at radius 3 is 2.81 bits per heavy atom. The highest BCUT2D eigenvalue weighted by molar-refractivity contribution is 7.10. The van der Waals surface area contributed by atoms with Crippen LogP contribution in [0.5, 0.6) is 0 Å². The van der Waals surface area contributed by atoms with E-state index in [4.69, 9.17) is 9.84 Å². The molecular weight excluding hydrogens is 226 g/mol. The molecule has 90 valence electrons. The van der Waals surface area contributed by atoms with Crippen LogP contribution in [0.25, 0.3) is 0 Å². The number of aromatic carboxylic acids is 1. The second-order valence-corrected chi connectivity index (χ2v) is 5.27. The zero-order valence-electron chi connectivity index (χ0n) is 9.74. The van der Waals surface area contributed by atoms with E-state index in [-0.39, 0.29) is 5.54 Å². The first-order valence-electron chi connectivity index (χ1n) is 4.99. The third-order valence-electron chi connectivity index (χ3n) is 2.15. The van der Waals surface area contributed by atoms with E-state index in [1.54, 1.807) is 18.6 Å². The maximum Gasteiger partial charge on any atom is 0.336 e. The van der Waals surface area contributed by atoms with E-state index in [0.717, 1.165) is 4.88 Å². The molecular formula is C11H17NO3S. The number of carboxylic acid groups (broad SMARTS) is 1. The van der Waals surface area contributed by atoms with Gasteiger partial charge in [-0.05, 0) is 19.9 Å². The second-order valence-electron chi connectivity index (χ2n) is 4.28. The van der Waals surface area contributed by atoms with E-state index < -0.39 is 5.97 Å². The molecule has 0 spiro atoms. The van der Waals surface area contributed by atoms with Crippen LogP contribution >= 0.6 is 11.3 Å². The molecule has 1 rings (SSSR count). The number of carbonyl (C=O) groups is 1. The molecule has 0 aliphatic carbocycles. The number of hydrogen-bond donors (Lipinski definition) is 2. The molecule has 0 radical (unpaired) electrons. The number of thiophene rings is 1. The number of ether oxygens (including phenoxy) is 1. The quantitative estimate of drug-likeness (QED) is 0.802. The van der Waals surface area contributed by atoms with E-state index >= 15 is 0 Å². The van der Waals surface area contributed by atoms with Crippen LogP contribution in [0.1, 0.15) is 29.1 Å². The maximum atomic E-state index is 10.7. The lowest BCUT2D eigenvalue weighted by Gasteiger charge is -2.24. The van der Waals surface area contributed by atoms with E-state index in [2.05, 4.69) is 5.32 Å². The van der Waals surface area contributed by atoms with Gasteiger partial charge in [-0.25, -0.2) is 4.79 Å². The summed E-state index contributed by atoms with van der Waals surface area (Å²) in [5, 5.41) is 13.8. The molecule has 0 amide bonds. The lowest BCUT2D eigenvalue weighted by atomic mass is 10.1. The summed E-state index contributed by atoms with van der Waals surface area (Å²) < 4.78 is 5.09. The summed E-state index contributed by atoms with van der Waals surface area (Å²) in [6.45, 7) is 5.36.